The summed E-state index contributed by atoms with van der Waals surface area (Å²) in [5.41, 5.74) is 10.1. The van der Waals surface area contributed by atoms with E-state index in [2.05, 4.69) is 5.32 Å². The fourth-order valence-corrected chi connectivity index (χ4v) is 0.637. The number of amides is 2. The van der Waals surface area contributed by atoms with Crippen molar-refractivity contribution in [3.05, 3.63) is 0 Å². The van der Waals surface area contributed by atoms with E-state index < -0.39 is 11.9 Å². The lowest BCUT2D eigenvalue weighted by atomic mass is 10.2. The minimum atomic E-state index is -0.873. The molecule has 0 saturated heterocycles. The average Bonchev–Trinajstić information content (AvgIpc) is 2.00. The zero-order valence-corrected chi connectivity index (χ0v) is 7.17. The van der Waals surface area contributed by atoms with Crippen molar-refractivity contribution in [1.29, 1.82) is 0 Å². The van der Waals surface area contributed by atoms with Gasteiger partial charge in [0.2, 0.25) is 11.8 Å². The summed E-state index contributed by atoms with van der Waals surface area (Å²) in [6, 6.07) is -0.873. The van der Waals surface area contributed by atoms with Gasteiger partial charge >= 0.3 is 0 Å². The second-order valence-electron chi connectivity index (χ2n) is 2.56. The van der Waals surface area contributed by atoms with Crippen LogP contribution in [0.1, 0.15) is 19.8 Å². The summed E-state index contributed by atoms with van der Waals surface area (Å²) in [7, 11) is 0. The van der Waals surface area contributed by atoms with Crippen LogP contribution in [0.25, 0.3) is 0 Å². The number of hydrogen-bond acceptors (Lipinski definition) is 3. The van der Waals surface area contributed by atoms with Gasteiger partial charge < -0.3 is 16.8 Å². The molecule has 2 amide bonds. The lowest BCUT2D eigenvalue weighted by Gasteiger charge is -2.06. The van der Waals surface area contributed by atoms with Crippen LogP contribution in [0.3, 0.4) is 0 Å². The van der Waals surface area contributed by atoms with Crippen molar-refractivity contribution in [2.75, 3.05) is 6.54 Å². The van der Waals surface area contributed by atoms with Gasteiger partial charge in [-0.15, -0.1) is 0 Å². The Morgan fingerprint density at radius 3 is 2.50 bits per heavy atom. The number of nitrogens with one attached hydrogen (secondary N) is 1. The highest BCUT2D eigenvalue weighted by Gasteiger charge is 2.13. The fourth-order valence-electron chi connectivity index (χ4n) is 0.637. The van der Waals surface area contributed by atoms with E-state index in [1.54, 1.807) is 0 Å². The number of carbonyl (C=O) groups is 2. The molecule has 12 heavy (non-hydrogen) atoms. The number of carbonyl (C=O) groups excluding carboxylic acids is 2. The summed E-state index contributed by atoms with van der Waals surface area (Å²) >= 11 is 0. The topological polar surface area (TPSA) is 98.2 Å². The van der Waals surface area contributed by atoms with Gasteiger partial charge in [-0.3, -0.25) is 9.59 Å². The minimum absolute atomic E-state index is 0.0324. The highest BCUT2D eigenvalue weighted by molar-refractivity contribution is 5.86. The quantitative estimate of drug-likeness (QED) is 0.482. The first kappa shape index (κ1) is 10.9. The predicted molar refractivity (Wildman–Crippen MR) is 45.1 cm³/mol. The van der Waals surface area contributed by atoms with Gasteiger partial charge in [0, 0.05) is 6.54 Å². The Bertz CT molecular complexity index is 170. The van der Waals surface area contributed by atoms with Crippen molar-refractivity contribution < 1.29 is 9.59 Å². The Balaban J connectivity index is 3.61. The number of hydrogen-bond donors (Lipinski definition) is 3. The van der Waals surface area contributed by atoms with Gasteiger partial charge in [-0.25, -0.2) is 0 Å². The maximum atomic E-state index is 10.9. The molecule has 0 radical (unpaired) electrons. The van der Waals surface area contributed by atoms with Crippen LogP contribution in [0, 0.1) is 0 Å². The van der Waals surface area contributed by atoms with Crippen molar-refractivity contribution in [2.24, 2.45) is 11.5 Å². The molecule has 0 aliphatic carbocycles. The molecule has 5 nitrogen and oxygen atoms in total. The summed E-state index contributed by atoms with van der Waals surface area (Å²) in [5.74, 6) is -0.884. The van der Waals surface area contributed by atoms with E-state index in [0.717, 1.165) is 6.42 Å². The van der Waals surface area contributed by atoms with E-state index in [4.69, 9.17) is 11.5 Å². The van der Waals surface area contributed by atoms with Gasteiger partial charge in [0.05, 0.1) is 12.5 Å². The van der Waals surface area contributed by atoms with E-state index in [1.807, 2.05) is 6.92 Å². The monoisotopic (exact) mass is 173 g/mol. The Morgan fingerprint density at radius 1 is 1.50 bits per heavy atom. The van der Waals surface area contributed by atoms with Gasteiger partial charge in [-0.05, 0) is 6.42 Å². The summed E-state index contributed by atoms with van der Waals surface area (Å²) in [6.45, 7) is 2.54. The maximum Gasteiger partial charge on any atom is 0.234 e. The van der Waals surface area contributed by atoms with E-state index in [0.29, 0.717) is 6.54 Å². The van der Waals surface area contributed by atoms with Crippen LogP contribution in [0.15, 0.2) is 0 Å². The van der Waals surface area contributed by atoms with E-state index >= 15 is 0 Å². The fraction of sp³-hybridized carbons (Fsp3) is 0.714. The number of rotatable bonds is 5. The normalized spacial score (nSPS) is 12.2. The van der Waals surface area contributed by atoms with Gasteiger partial charge in [0.1, 0.15) is 0 Å². The van der Waals surface area contributed by atoms with Crippen molar-refractivity contribution in [2.45, 2.75) is 25.8 Å². The molecule has 1 atom stereocenters. The standard InChI is InChI=1S/C7H15N3O2/c1-2-3-10-6(11)4-5(8)7(9)12/h5H,2-4,8H2,1H3,(H2,9,12)(H,10,11). The largest absolute Gasteiger partial charge is 0.368 e. The Kier molecular flexibility index (Phi) is 5.03. The summed E-state index contributed by atoms with van der Waals surface area (Å²) in [6.07, 6.45) is 0.826. The first-order chi connectivity index (χ1) is 5.57. The minimum Gasteiger partial charge on any atom is -0.368 e. The number of nitrogens with two attached hydrogens (primary N) is 2. The van der Waals surface area contributed by atoms with Crippen LogP contribution in [-0.4, -0.2) is 24.4 Å². The first-order valence-electron chi connectivity index (χ1n) is 3.89. The van der Waals surface area contributed by atoms with Crippen LogP contribution in [0.4, 0.5) is 0 Å². The van der Waals surface area contributed by atoms with Gasteiger partial charge in [0.25, 0.3) is 0 Å². The smallest absolute Gasteiger partial charge is 0.234 e. The van der Waals surface area contributed by atoms with Crippen LogP contribution < -0.4 is 16.8 Å². The molecule has 0 spiro atoms. The van der Waals surface area contributed by atoms with Gasteiger partial charge in [0.15, 0.2) is 0 Å². The molecule has 0 bridgehead atoms. The average molecular weight is 173 g/mol. The predicted octanol–water partition coefficient (Wildman–Crippen LogP) is -1.28. The summed E-state index contributed by atoms with van der Waals surface area (Å²) < 4.78 is 0. The van der Waals surface area contributed by atoms with Crippen LogP contribution >= 0.6 is 0 Å². The zero-order valence-electron chi connectivity index (χ0n) is 7.17. The Hall–Kier alpha value is -1.10. The SMILES string of the molecule is CCCNC(=O)CC(N)C(N)=O. The molecule has 70 valence electrons. The molecule has 0 aromatic carbocycles. The third-order valence-electron chi connectivity index (χ3n) is 1.34. The second-order valence-corrected chi connectivity index (χ2v) is 2.56. The molecule has 0 fully saturated rings. The molecule has 1 unspecified atom stereocenters. The van der Waals surface area contributed by atoms with Gasteiger partial charge in [-0.2, -0.15) is 0 Å². The molecule has 0 aromatic heterocycles. The van der Waals surface area contributed by atoms with Crippen molar-refractivity contribution in [3.63, 3.8) is 0 Å². The van der Waals surface area contributed by atoms with Crippen molar-refractivity contribution >= 4 is 11.8 Å². The molecule has 0 heterocycles. The van der Waals surface area contributed by atoms with Crippen molar-refractivity contribution in [1.82, 2.24) is 5.32 Å². The molecule has 0 rings (SSSR count). The summed E-state index contributed by atoms with van der Waals surface area (Å²) in [4.78, 5) is 21.3. The molecule has 5 heteroatoms. The van der Waals surface area contributed by atoms with E-state index in [-0.39, 0.29) is 12.3 Å². The van der Waals surface area contributed by atoms with Crippen LogP contribution in [0.2, 0.25) is 0 Å². The Morgan fingerprint density at radius 2 is 2.08 bits per heavy atom. The van der Waals surface area contributed by atoms with Crippen LogP contribution in [-0.2, 0) is 9.59 Å². The molecule has 0 saturated carbocycles. The second kappa shape index (κ2) is 5.54. The first-order valence-corrected chi connectivity index (χ1v) is 3.89. The van der Waals surface area contributed by atoms with E-state index in [9.17, 15) is 9.59 Å². The third-order valence-corrected chi connectivity index (χ3v) is 1.34. The summed E-state index contributed by atoms with van der Waals surface area (Å²) in [5, 5.41) is 2.59. The molecule has 0 aromatic rings. The maximum absolute atomic E-state index is 10.9. The number of primary amides is 1. The Labute approximate surface area is 71.5 Å². The molecule has 0 aliphatic rings. The highest BCUT2D eigenvalue weighted by atomic mass is 16.2. The lowest BCUT2D eigenvalue weighted by molar-refractivity contribution is -0.126. The van der Waals surface area contributed by atoms with Gasteiger partial charge in [-0.1, -0.05) is 6.92 Å². The third kappa shape index (κ3) is 4.68. The lowest BCUT2D eigenvalue weighted by Crippen LogP contribution is -2.41. The van der Waals surface area contributed by atoms with Crippen LogP contribution in [0.5, 0.6) is 0 Å². The molecule has 0 aliphatic heterocycles. The zero-order chi connectivity index (χ0) is 9.56. The highest BCUT2D eigenvalue weighted by Crippen LogP contribution is 1.86. The molecular formula is C7H15N3O2. The van der Waals surface area contributed by atoms with Crippen molar-refractivity contribution in [3.8, 4) is 0 Å². The molecular weight excluding hydrogens is 158 g/mol. The molecule has 5 N–H and O–H groups in total. The van der Waals surface area contributed by atoms with E-state index in [1.165, 1.54) is 0 Å².